The van der Waals surface area contributed by atoms with Crippen LogP contribution in [0.5, 0.6) is 0 Å². The second kappa shape index (κ2) is 2.85. The van der Waals surface area contributed by atoms with Crippen molar-refractivity contribution in [3.05, 3.63) is 24.0 Å². The molecule has 67 valence electrons. The van der Waals surface area contributed by atoms with Gasteiger partial charge in [0.2, 0.25) is 0 Å². The highest BCUT2D eigenvalue weighted by atomic mass is 16.6. The molecule has 3 heterocycles. The lowest BCUT2D eigenvalue weighted by atomic mass is 9.65. The Kier molecular flexibility index (Phi) is 1.64. The summed E-state index contributed by atoms with van der Waals surface area (Å²) >= 11 is 0. The molecule has 6 heteroatoms. The Balaban J connectivity index is 1.75. The summed E-state index contributed by atoms with van der Waals surface area (Å²) in [6.07, 6.45) is 1.73. The van der Waals surface area contributed by atoms with E-state index >= 15 is 0 Å². The average molecular weight is 185 g/mol. The third-order valence-electron chi connectivity index (χ3n) is 2.16. The minimum Gasteiger partial charge on any atom is -0.544 e. The smallest absolute Gasteiger partial charge is 0.474 e. The van der Waals surface area contributed by atoms with Gasteiger partial charge in [0.15, 0.2) is 5.80 Å². The molecule has 1 atom stereocenters. The Labute approximate surface area is 82.7 Å². The molecule has 2 fully saturated rings. The first-order valence-corrected chi connectivity index (χ1v) is 4.49. The normalized spacial score (nSPS) is 25.6. The highest BCUT2D eigenvalue weighted by Crippen LogP contribution is 2.25. The molecule has 1 aromatic rings. The molecule has 2 saturated heterocycles. The van der Waals surface area contributed by atoms with Crippen LogP contribution in [-0.2, 0) is 9.31 Å². The Bertz CT molecular complexity index is 389. The van der Waals surface area contributed by atoms with Crippen LogP contribution in [0.15, 0.2) is 23.3 Å². The Morgan fingerprint density at radius 3 is 3.07 bits per heavy atom. The number of pyridine rings is 1. The Hall–Kier alpha value is -1.29. The second-order valence-electron chi connectivity index (χ2n) is 3.38. The van der Waals surface area contributed by atoms with Gasteiger partial charge in [-0.3, -0.25) is 4.98 Å². The van der Waals surface area contributed by atoms with Gasteiger partial charge in [-0.2, -0.15) is 0 Å². The van der Waals surface area contributed by atoms with Gasteiger partial charge in [0.25, 0.3) is 0 Å². The summed E-state index contributed by atoms with van der Waals surface area (Å²) in [5.74, 6) is 0.876. The zero-order valence-electron chi connectivity index (χ0n) is 7.68. The summed E-state index contributed by atoms with van der Waals surface area (Å²) in [6, 6.07) is 3.85. The van der Waals surface area contributed by atoms with Crippen LogP contribution in [-0.4, -0.2) is 31.1 Å². The molecule has 2 aliphatic heterocycles. The molecule has 0 N–H and O–H groups in total. The van der Waals surface area contributed by atoms with Crippen LogP contribution in [0, 0.1) is 6.92 Å². The van der Waals surface area contributed by atoms with Gasteiger partial charge in [-0.05, 0) is 19.1 Å². The van der Waals surface area contributed by atoms with Gasteiger partial charge >= 0.3 is 14.4 Å². The maximum atomic E-state index is 5.24. The monoisotopic (exact) mass is 185 g/mol. The molecule has 0 aliphatic carbocycles. The van der Waals surface area contributed by atoms with E-state index in [0.717, 1.165) is 17.2 Å². The van der Waals surface area contributed by atoms with Crippen molar-refractivity contribution in [3.8, 4) is 0 Å². The van der Waals surface area contributed by atoms with Crippen molar-refractivity contribution in [3.63, 3.8) is 0 Å². The largest absolute Gasteiger partial charge is 0.544 e. The first-order valence-electron chi connectivity index (χ1n) is 4.49. The molecule has 3 rings (SSSR count). The van der Waals surface area contributed by atoms with Crippen LogP contribution in [0.3, 0.4) is 0 Å². The zero-order valence-corrected chi connectivity index (χ0v) is 7.68. The molecule has 0 saturated carbocycles. The number of aryl methyl sites for hydroxylation is 1. The lowest BCUT2D eigenvalue weighted by Crippen LogP contribution is -2.04. The van der Waals surface area contributed by atoms with Gasteiger partial charge < -0.3 is 9.31 Å². The van der Waals surface area contributed by atoms with E-state index in [2.05, 4.69) is 9.98 Å². The van der Waals surface area contributed by atoms with E-state index in [1.165, 1.54) is 0 Å². The summed E-state index contributed by atoms with van der Waals surface area (Å²) in [5, 5.41) is 0. The number of aromatic nitrogens is 1. The summed E-state index contributed by atoms with van der Waals surface area (Å²) < 4.78 is 10.2. The van der Waals surface area contributed by atoms with Crippen molar-refractivity contribution < 1.29 is 9.31 Å². The molecule has 1 unspecified atom stereocenters. The highest BCUT2D eigenvalue weighted by molar-refractivity contribution is 7.04. The molecule has 2 aliphatic rings. The van der Waals surface area contributed by atoms with E-state index in [4.69, 9.17) is 9.31 Å². The molecular formula is C8H7B2N2O2. The van der Waals surface area contributed by atoms with E-state index in [1.807, 2.05) is 19.1 Å². The van der Waals surface area contributed by atoms with Crippen LogP contribution >= 0.6 is 0 Å². The quantitative estimate of drug-likeness (QED) is 0.497. The minimum absolute atomic E-state index is 0.0521. The predicted molar refractivity (Wildman–Crippen MR) is 53.5 cm³/mol. The highest BCUT2D eigenvalue weighted by Gasteiger charge is 2.56. The van der Waals surface area contributed by atoms with Crippen molar-refractivity contribution in [2.75, 3.05) is 0 Å². The maximum absolute atomic E-state index is 5.24. The fourth-order valence-corrected chi connectivity index (χ4v) is 1.24. The number of hydrogen-bond acceptors (Lipinski definition) is 4. The van der Waals surface area contributed by atoms with E-state index in [0.29, 0.717) is 0 Å². The van der Waals surface area contributed by atoms with Crippen molar-refractivity contribution in [2.24, 2.45) is 4.99 Å². The standard InChI is InChI=1S/C8H7B2N2O2/c1-5-2-3-6(4-11-5)12-8-10(14-8)7-9-13-7/h2-4,7H,1H3. The van der Waals surface area contributed by atoms with Crippen LogP contribution in [0.2, 0.25) is 0 Å². The van der Waals surface area contributed by atoms with Crippen molar-refractivity contribution in [2.45, 2.75) is 12.8 Å². The van der Waals surface area contributed by atoms with Gasteiger partial charge in [-0.1, -0.05) is 0 Å². The number of rotatable bonds is 2. The fraction of sp³-hybridized carbons (Fsp3) is 0.250. The topological polar surface area (TPSA) is 50.3 Å². The van der Waals surface area contributed by atoms with Crippen molar-refractivity contribution >= 4 is 25.9 Å². The van der Waals surface area contributed by atoms with Crippen LogP contribution in [0.25, 0.3) is 0 Å². The molecule has 4 nitrogen and oxygen atoms in total. The molecular weight excluding hydrogens is 178 g/mol. The first kappa shape index (κ1) is 8.05. The van der Waals surface area contributed by atoms with Gasteiger partial charge in [-0.25, -0.2) is 4.99 Å². The molecule has 0 spiro atoms. The van der Waals surface area contributed by atoms with Crippen LogP contribution in [0.1, 0.15) is 5.69 Å². The third-order valence-corrected chi connectivity index (χ3v) is 2.16. The average Bonchev–Trinajstić information content (AvgIpc) is 2.99. The SMILES string of the molecule is Cc1ccc(N=C2OB2C2[B]O2)cn1. The van der Waals surface area contributed by atoms with Gasteiger partial charge in [0, 0.05) is 5.69 Å². The van der Waals surface area contributed by atoms with Crippen LogP contribution in [0.4, 0.5) is 5.69 Å². The molecule has 14 heavy (non-hydrogen) atoms. The Morgan fingerprint density at radius 2 is 2.43 bits per heavy atom. The van der Waals surface area contributed by atoms with Crippen molar-refractivity contribution in [1.29, 1.82) is 0 Å². The summed E-state index contributed by atoms with van der Waals surface area (Å²) in [7, 11) is 1.75. The van der Waals surface area contributed by atoms with E-state index < -0.39 is 0 Å². The number of nitrogens with zero attached hydrogens (tertiary/aromatic N) is 2. The summed E-state index contributed by atoms with van der Waals surface area (Å²) in [5.41, 5.74) is 1.81. The van der Waals surface area contributed by atoms with E-state index in [-0.39, 0.29) is 12.8 Å². The lowest BCUT2D eigenvalue weighted by Gasteiger charge is -1.91. The first-order chi connectivity index (χ1) is 6.83. The van der Waals surface area contributed by atoms with Crippen LogP contribution < -0.4 is 0 Å². The molecule has 0 bridgehead atoms. The van der Waals surface area contributed by atoms with Gasteiger partial charge in [-0.15, -0.1) is 0 Å². The Morgan fingerprint density at radius 1 is 1.57 bits per heavy atom. The molecule has 1 radical (unpaired) electrons. The second-order valence-corrected chi connectivity index (χ2v) is 3.38. The zero-order chi connectivity index (χ0) is 9.54. The fourth-order valence-electron chi connectivity index (χ4n) is 1.24. The molecule has 0 aromatic carbocycles. The third kappa shape index (κ3) is 1.53. The van der Waals surface area contributed by atoms with Crippen molar-refractivity contribution in [1.82, 2.24) is 4.98 Å². The summed E-state index contributed by atoms with van der Waals surface area (Å²) in [4.78, 5) is 8.43. The number of aliphatic imine (C=N–C) groups is 1. The molecule has 0 amide bonds. The van der Waals surface area contributed by atoms with Gasteiger partial charge in [0.05, 0.1) is 17.8 Å². The number of hydrogen-bond donors (Lipinski definition) is 0. The van der Waals surface area contributed by atoms with E-state index in [1.54, 1.807) is 13.7 Å². The lowest BCUT2D eigenvalue weighted by molar-refractivity contribution is 0.513. The summed E-state index contributed by atoms with van der Waals surface area (Å²) in [6.45, 7) is 2.00. The van der Waals surface area contributed by atoms with Gasteiger partial charge in [0.1, 0.15) is 0 Å². The maximum Gasteiger partial charge on any atom is 0.474 e. The van der Waals surface area contributed by atoms with E-state index in [9.17, 15) is 0 Å². The molecule has 1 aromatic heterocycles. The minimum atomic E-state index is 0.0521. The predicted octanol–water partition coefficient (Wildman–Crippen LogP) is 0.496.